The number of phenols is 1. The van der Waals surface area contributed by atoms with E-state index in [1.165, 1.54) is 6.07 Å². The number of halogens is 1. The maximum absolute atomic E-state index is 12.1. The number of rotatable bonds is 2. The van der Waals surface area contributed by atoms with Crippen LogP contribution in [0, 0.1) is 11.8 Å². The van der Waals surface area contributed by atoms with Crippen molar-refractivity contribution in [2.24, 2.45) is 11.8 Å². The summed E-state index contributed by atoms with van der Waals surface area (Å²) >= 11 is 5.76. The predicted octanol–water partition coefficient (Wildman–Crippen LogP) is 3.60. The molecule has 19 heavy (non-hydrogen) atoms. The maximum atomic E-state index is 12.1. The number of aromatic hydroxyl groups is 1. The minimum atomic E-state index is -0.221. The monoisotopic (exact) mass is 281 g/mol. The SMILES string of the molecule is CC1CCC(NC(=O)c2ccc(Cl)cc2O)CC1C. The Labute approximate surface area is 119 Å². The lowest BCUT2D eigenvalue weighted by Gasteiger charge is -2.32. The van der Waals surface area contributed by atoms with Crippen LogP contribution in [0.3, 0.4) is 0 Å². The average molecular weight is 282 g/mol. The Morgan fingerprint density at radius 3 is 2.68 bits per heavy atom. The number of amides is 1. The third-order valence-electron chi connectivity index (χ3n) is 4.14. The zero-order valence-corrected chi connectivity index (χ0v) is 12.1. The van der Waals surface area contributed by atoms with Gasteiger partial charge in [0.15, 0.2) is 0 Å². The van der Waals surface area contributed by atoms with Crippen molar-refractivity contribution in [3.63, 3.8) is 0 Å². The Kier molecular flexibility index (Phi) is 4.35. The zero-order chi connectivity index (χ0) is 14.0. The van der Waals surface area contributed by atoms with E-state index in [0.717, 1.165) is 25.2 Å². The summed E-state index contributed by atoms with van der Waals surface area (Å²) < 4.78 is 0. The minimum Gasteiger partial charge on any atom is -0.507 e. The van der Waals surface area contributed by atoms with Crippen molar-refractivity contribution in [2.45, 2.75) is 39.2 Å². The highest BCUT2D eigenvalue weighted by Crippen LogP contribution is 2.30. The normalized spacial score (nSPS) is 27.0. The van der Waals surface area contributed by atoms with Gasteiger partial charge < -0.3 is 10.4 Å². The Hall–Kier alpha value is -1.22. The third-order valence-corrected chi connectivity index (χ3v) is 4.37. The van der Waals surface area contributed by atoms with Gasteiger partial charge in [0.05, 0.1) is 5.56 Å². The number of carbonyl (C=O) groups is 1. The first kappa shape index (κ1) is 14.2. The quantitative estimate of drug-likeness (QED) is 0.870. The maximum Gasteiger partial charge on any atom is 0.255 e. The molecule has 1 aromatic carbocycles. The molecule has 104 valence electrons. The fourth-order valence-corrected chi connectivity index (χ4v) is 2.80. The summed E-state index contributed by atoms with van der Waals surface area (Å²) in [7, 11) is 0. The Morgan fingerprint density at radius 1 is 1.32 bits per heavy atom. The van der Waals surface area contributed by atoms with Crippen molar-refractivity contribution < 1.29 is 9.90 Å². The van der Waals surface area contributed by atoms with E-state index in [-0.39, 0.29) is 23.3 Å². The molecule has 3 atom stereocenters. The van der Waals surface area contributed by atoms with Crippen LogP contribution in [0.1, 0.15) is 43.5 Å². The van der Waals surface area contributed by atoms with Gasteiger partial charge in [-0.05, 0) is 49.3 Å². The van der Waals surface area contributed by atoms with E-state index in [0.29, 0.717) is 10.9 Å². The van der Waals surface area contributed by atoms with E-state index in [2.05, 4.69) is 19.2 Å². The van der Waals surface area contributed by atoms with Crippen molar-refractivity contribution in [1.29, 1.82) is 0 Å². The van der Waals surface area contributed by atoms with Gasteiger partial charge in [0.25, 0.3) is 5.91 Å². The highest BCUT2D eigenvalue weighted by molar-refractivity contribution is 6.30. The molecule has 2 N–H and O–H groups in total. The number of phenolic OH excluding ortho intramolecular Hbond substituents is 1. The molecular weight excluding hydrogens is 262 g/mol. The molecule has 3 nitrogen and oxygen atoms in total. The summed E-state index contributed by atoms with van der Waals surface area (Å²) in [6.07, 6.45) is 3.14. The van der Waals surface area contributed by atoms with Crippen molar-refractivity contribution in [3.8, 4) is 5.75 Å². The van der Waals surface area contributed by atoms with Gasteiger partial charge in [-0.1, -0.05) is 25.4 Å². The van der Waals surface area contributed by atoms with Gasteiger partial charge in [-0.2, -0.15) is 0 Å². The first-order valence-corrected chi connectivity index (χ1v) is 7.14. The Balaban J connectivity index is 2.01. The second-order valence-corrected chi connectivity index (χ2v) is 6.04. The molecular formula is C15H20ClNO2. The van der Waals surface area contributed by atoms with Crippen LogP contribution in [-0.4, -0.2) is 17.1 Å². The van der Waals surface area contributed by atoms with Gasteiger partial charge >= 0.3 is 0 Å². The standard InChI is InChI=1S/C15H20ClNO2/c1-9-3-5-12(7-10(9)2)17-15(19)13-6-4-11(16)8-14(13)18/h4,6,8-10,12,18H,3,5,7H2,1-2H3,(H,17,19). The largest absolute Gasteiger partial charge is 0.507 e. The summed E-state index contributed by atoms with van der Waals surface area (Å²) in [4.78, 5) is 12.1. The molecule has 3 unspecified atom stereocenters. The van der Waals surface area contributed by atoms with E-state index in [1.54, 1.807) is 12.1 Å². The molecule has 2 rings (SSSR count). The number of hydrogen-bond acceptors (Lipinski definition) is 2. The van der Waals surface area contributed by atoms with E-state index < -0.39 is 0 Å². The first-order chi connectivity index (χ1) is 8.97. The summed E-state index contributed by atoms with van der Waals surface area (Å²) in [5.41, 5.74) is 0.288. The second-order valence-electron chi connectivity index (χ2n) is 5.60. The van der Waals surface area contributed by atoms with Gasteiger partial charge in [0, 0.05) is 11.1 Å². The summed E-state index contributed by atoms with van der Waals surface area (Å²) in [6, 6.07) is 4.76. The van der Waals surface area contributed by atoms with Crippen molar-refractivity contribution in [2.75, 3.05) is 0 Å². The Morgan fingerprint density at radius 2 is 2.05 bits per heavy atom. The van der Waals surface area contributed by atoms with Gasteiger partial charge in [0.1, 0.15) is 5.75 Å². The van der Waals surface area contributed by atoms with E-state index >= 15 is 0 Å². The van der Waals surface area contributed by atoms with Crippen LogP contribution in [0.5, 0.6) is 5.75 Å². The third kappa shape index (κ3) is 3.41. The van der Waals surface area contributed by atoms with Gasteiger partial charge in [-0.25, -0.2) is 0 Å². The molecule has 1 amide bonds. The van der Waals surface area contributed by atoms with Crippen LogP contribution in [0.25, 0.3) is 0 Å². The van der Waals surface area contributed by atoms with E-state index in [4.69, 9.17) is 11.6 Å². The molecule has 0 spiro atoms. The smallest absolute Gasteiger partial charge is 0.255 e. The van der Waals surface area contributed by atoms with Crippen LogP contribution in [-0.2, 0) is 0 Å². The van der Waals surface area contributed by atoms with Crippen molar-refractivity contribution >= 4 is 17.5 Å². The van der Waals surface area contributed by atoms with E-state index in [1.807, 2.05) is 0 Å². The molecule has 1 fully saturated rings. The number of carbonyl (C=O) groups excluding carboxylic acids is 1. The lowest BCUT2D eigenvalue weighted by molar-refractivity contribution is 0.0908. The minimum absolute atomic E-state index is 0.0674. The highest BCUT2D eigenvalue weighted by atomic mass is 35.5. The lowest BCUT2D eigenvalue weighted by atomic mass is 9.79. The molecule has 0 radical (unpaired) electrons. The Bertz CT molecular complexity index is 475. The molecule has 4 heteroatoms. The van der Waals surface area contributed by atoms with Gasteiger partial charge in [-0.15, -0.1) is 0 Å². The fourth-order valence-electron chi connectivity index (χ4n) is 2.64. The van der Waals surface area contributed by atoms with Gasteiger partial charge in [0.2, 0.25) is 0 Å². The predicted molar refractivity (Wildman–Crippen MR) is 76.6 cm³/mol. The molecule has 1 aliphatic rings. The molecule has 0 saturated heterocycles. The van der Waals surface area contributed by atoms with Crippen LogP contribution in [0.4, 0.5) is 0 Å². The molecule has 0 heterocycles. The molecule has 0 aromatic heterocycles. The molecule has 1 saturated carbocycles. The highest BCUT2D eigenvalue weighted by Gasteiger charge is 2.26. The molecule has 0 bridgehead atoms. The van der Waals surface area contributed by atoms with Crippen LogP contribution in [0.2, 0.25) is 5.02 Å². The summed E-state index contributed by atoms with van der Waals surface area (Å²) in [6.45, 7) is 4.48. The van der Waals surface area contributed by atoms with Gasteiger partial charge in [-0.3, -0.25) is 4.79 Å². The molecule has 1 aliphatic carbocycles. The fraction of sp³-hybridized carbons (Fsp3) is 0.533. The number of hydrogen-bond donors (Lipinski definition) is 2. The number of nitrogens with one attached hydrogen (secondary N) is 1. The van der Waals surface area contributed by atoms with E-state index in [9.17, 15) is 9.90 Å². The molecule has 1 aromatic rings. The summed E-state index contributed by atoms with van der Waals surface area (Å²) in [5, 5.41) is 13.2. The summed E-state index contributed by atoms with van der Waals surface area (Å²) in [5.74, 6) is 1.05. The second kappa shape index (κ2) is 5.83. The van der Waals surface area contributed by atoms with Crippen LogP contribution >= 0.6 is 11.6 Å². The topological polar surface area (TPSA) is 49.3 Å². The average Bonchev–Trinajstić information content (AvgIpc) is 2.33. The number of benzene rings is 1. The zero-order valence-electron chi connectivity index (χ0n) is 11.3. The van der Waals surface area contributed by atoms with Crippen molar-refractivity contribution in [1.82, 2.24) is 5.32 Å². The lowest BCUT2D eigenvalue weighted by Crippen LogP contribution is -2.39. The van der Waals surface area contributed by atoms with Crippen LogP contribution < -0.4 is 5.32 Å². The first-order valence-electron chi connectivity index (χ1n) is 6.76. The van der Waals surface area contributed by atoms with Crippen molar-refractivity contribution in [3.05, 3.63) is 28.8 Å². The molecule has 0 aliphatic heterocycles. The van der Waals surface area contributed by atoms with Crippen LogP contribution in [0.15, 0.2) is 18.2 Å².